The summed E-state index contributed by atoms with van der Waals surface area (Å²) in [6, 6.07) is 21.6. The first-order valence-corrected chi connectivity index (χ1v) is 12.4. The van der Waals surface area contributed by atoms with Crippen molar-refractivity contribution in [3.05, 3.63) is 87.8 Å². The van der Waals surface area contributed by atoms with Gasteiger partial charge in [-0.1, -0.05) is 50.2 Å². The first-order valence-electron chi connectivity index (χ1n) is 10.7. The van der Waals surface area contributed by atoms with Crippen molar-refractivity contribution in [3.8, 4) is 9.75 Å². The minimum Gasteiger partial charge on any atom is -0.358 e. The highest BCUT2D eigenvalue weighted by atomic mass is 32.1. The second kappa shape index (κ2) is 6.91. The summed E-state index contributed by atoms with van der Waals surface area (Å²) in [4.78, 5) is 17.3. The van der Waals surface area contributed by atoms with E-state index in [4.69, 9.17) is 0 Å². The van der Waals surface area contributed by atoms with Gasteiger partial charge in [0.05, 0.1) is 5.92 Å². The number of benzene rings is 2. The maximum absolute atomic E-state index is 13.5. The Hall–Kier alpha value is -2.69. The number of nitrogens with one attached hydrogen (secondary N) is 1. The molecule has 3 heterocycles. The molecule has 1 N–H and O–H groups in total. The van der Waals surface area contributed by atoms with Crippen molar-refractivity contribution in [2.45, 2.75) is 32.6 Å². The van der Waals surface area contributed by atoms with Crippen LogP contribution in [0.1, 0.15) is 43.0 Å². The Bertz CT molecular complexity index is 1360. The summed E-state index contributed by atoms with van der Waals surface area (Å²) >= 11 is 3.59. The van der Waals surface area contributed by atoms with Gasteiger partial charge in [-0.3, -0.25) is 4.79 Å². The Labute approximate surface area is 190 Å². The average Bonchev–Trinajstić information content (AvgIpc) is 3.43. The Kier molecular flexibility index (Phi) is 4.24. The van der Waals surface area contributed by atoms with Crippen LogP contribution in [-0.2, 0) is 4.79 Å². The molecule has 0 saturated carbocycles. The van der Waals surface area contributed by atoms with Gasteiger partial charge in [-0.25, -0.2) is 0 Å². The molecule has 2 aromatic carbocycles. The van der Waals surface area contributed by atoms with Gasteiger partial charge in [-0.05, 0) is 57.8 Å². The van der Waals surface area contributed by atoms with Crippen molar-refractivity contribution < 1.29 is 4.79 Å². The Morgan fingerprint density at radius 2 is 1.81 bits per heavy atom. The second-order valence-electron chi connectivity index (χ2n) is 9.32. The van der Waals surface area contributed by atoms with Gasteiger partial charge < -0.3 is 5.32 Å². The Morgan fingerprint density at radius 1 is 0.935 bits per heavy atom. The van der Waals surface area contributed by atoms with Crippen LogP contribution in [0.3, 0.4) is 0 Å². The zero-order valence-electron chi connectivity index (χ0n) is 17.6. The molecule has 2 nitrogen and oxygen atoms in total. The molecule has 0 radical (unpaired) electrons. The Balaban J connectivity index is 1.60. The van der Waals surface area contributed by atoms with Crippen LogP contribution in [0.2, 0.25) is 0 Å². The van der Waals surface area contributed by atoms with Crippen molar-refractivity contribution in [3.63, 3.8) is 0 Å². The van der Waals surface area contributed by atoms with Crippen LogP contribution in [-0.4, -0.2) is 5.78 Å². The number of allylic oxidation sites excluding steroid dienone is 2. The highest BCUT2D eigenvalue weighted by Gasteiger charge is 2.41. The topological polar surface area (TPSA) is 29.1 Å². The van der Waals surface area contributed by atoms with Gasteiger partial charge in [0.15, 0.2) is 5.78 Å². The lowest BCUT2D eigenvalue weighted by Gasteiger charge is -2.39. The van der Waals surface area contributed by atoms with Crippen LogP contribution >= 0.6 is 22.7 Å². The van der Waals surface area contributed by atoms with Crippen LogP contribution in [0, 0.1) is 5.41 Å². The lowest BCUT2D eigenvalue weighted by Crippen LogP contribution is -2.33. The molecule has 31 heavy (non-hydrogen) atoms. The van der Waals surface area contributed by atoms with Crippen LogP contribution < -0.4 is 5.32 Å². The zero-order chi connectivity index (χ0) is 21.2. The van der Waals surface area contributed by atoms with E-state index in [0.717, 1.165) is 23.4 Å². The van der Waals surface area contributed by atoms with Gasteiger partial charge in [0, 0.05) is 38.0 Å². The molecule has 1 aliphatic carbocycles. The van der Waals surface area contributed by atoms with Gasteiger partial charge in [0.2, 0.25) is 0 Å². The maximum Gasteiger partial charge on any atom is 0.162 e. The number of hydrogen-bond donors (Lipinski definition) is 1. The number of carbonyl (C=O) groups excluding carboxylic acids is 1. The fourth-order valence-electron chi connectivity index (χ4n) is 5.15. The molecule has 1 unspecified atom stereocenters. The molecule has 4 heteroatoms. The highest BCUT2D eigenvalue weighted by molar-refractivity contribution is 7.21. The predicted molar refractivity (Wildman–Crippen MR) is 132 cm³/mol. The summed E-state index contributed by atoms with van der Waals surface area (Å²) in [5.74, 6) is 0.271. The zero-order valence-corrected chi connectivity index (χ0v) is 19.2. The van der Waals surface area contributed by atoms with Crippen molar-refractivity contribution in [1.29, 1.82) is 0 Å². The molecule has 4 aromatic rings. The molecule has 2 aromatic heterocycles. The monoisotopic (exact) mass is 441 g/mol. The van der Waals surface area contributed by atoms with Crippen molar-refractivity contribution in [2.75, 3.05) is 5.32 Å². The number of anilines is 1. The number of rotatable bonds is 2. The molecule has 0 fully saturated rings. The van der Waals surface area contributed by atoms with Crippen LogP contribution in [0.15, 0.2) is 77.3 Å². The van der Waals surface area contributed by atoms with E-state index in [1.54, 1.807) is 11.3 Å². The van der Waals surface area contributed by atoms with Crippen molar-refractivity contribution in [1.82, 2.24) is 0 Å². The second-order valence-corrected chi connectivity index (χ2v) is 11.4. The van der Waals surface area contributed by atoms with E-state index in [9.17, 15) is 4.79 Å². The number of ketones is 1. The number of carbonyl (C=O) groups is 1. The quantitative estimate of drug-likeness (QED) is 0.343. The summed E-state index contributed by atoms with van der Waals surface area (Å²) in [6.07, 6.45) is 1.51. The minimum atomic E-state index is -0.0145. The number of thiophene rings is 2. The fourth-order valence-corrected chi connectivity index (χ4v) is 7.11. The summed E-state index contributed by atoms with van der Waals surface area (Å²) in [6.45, 7) is 4.39. The lowest BCUT2D eigenvalue weighted by molar-refractivity contribution is -0.118. The van der Waals surface area contributed by atoms with Crippen LogP contribution in [0.25, 0.3) is 20.5 Å². The molecule has 6 rings (SSSR count). The normalized spacial score (nSPS) is 19.8. The van der Waals surface area contributed by atoms with E-state index in [2.05, 4.69) is 85.2 Å². The van der Waals surface area contributed by atoms with Crippen LogP contribution in [0.5, 0.6) is 0 Å². The van der Waals surface area contributed by atoms with Gasteiger partial charge in [0.25, 0.3) is 0 Å². The third kappa shape index (κ3) is 3.08. The van der Waals surface area contributed by atoms with E-state index in [1.807, 2.05) is 11.3 Å². The number of fused-ring (bicyclic) bond motifs is 3. The molecule has 154 valence electrons. The molecular weight excluding hydrogens is 418 g/mol. The Morgan fingerprint density at radius 3 is 2.65 bits per heavy atom. The molecule has 0 saturated heterocycles. The number of hydrogen-bond acceptors (Lipinski definition) is 4. The first kappa shape index (κ1) is 19.0. The van der Waals surface area contributed by atoms with Gasteiger partial charge in [-0.2, -0.15) is 0 Å². The lowest BCUT2D eigenvalue weighted by atomic mass is 9.69. The molecule has 1 atom stereocenters. The maximum atomic E-state index is 13.5. The molecule has 0 spiro atoms. The summed E-state index contributed by atoms with van der Waals surface area (Å²) in [5.41, 5.74) is 4.45. The minimum absolute atomic E-state index is 0.0142. The largest absolute Gasteiger partial charge is 0.358 e. The van der Waals surface area contributed by atoms with E-state index in [-0.39, 0.29) is 17.1 Å². The molecule has 1 aliphatic heterocycles. The van der Waals surface area contributed by atoms with Crippen LogP contribution in [0.4, 0.5) is 5.69 Å². The van der Waals surface area contributed by atoms with Gasteiger partial charge in [-0.15, -0.1) is 22.7 Å². The van der Waals surface area contributed by atoms with Gasteiger partial charge >= 0.3 is 0 Å². The van der Waals surface area contributed by atoms with E-state index in [1.165, 1.54) is 31.0 Å². The van der Waals surface area contributed by atoms with Crippen molar-refractivity contribution in [2.24, 2.45) is 5.41 Å². The fraction of sp³-hybridized carbons (Fsp3) is 0.222. The van der Waals surface area contributed by atoms with Crippen molar-refractivity contribution >= 4 is 44.9 Å². The highest BCUT2D eigenvalue weighted by Crippen LogP contribution is 2.52. The van der Waals surface area contributed by atoms with E-state index in [0.29, 0.717) is 6.42 Å². The molecule has 0 amide bonds. The molecular formula is C27H23NOS2. The summed E-state index contributed by atoms with van der Waals surface area (Å²) in [7, 11) is 0. The standard InChI is InChI=1S/C27H23NOS2/c1-27(2)14-19-25(20(29)15-27)26(23-12-11-22(31-23)21-8-5-13-30-21)24-17-7-4-3-6-16(17)9-10-18(24)28-19/h3-13,26,28H,14-15H2,1-2H3. The third-order valence-corrected chi connectivity index (χ3v) is 8.64. The number of Topliss-reactive ketones (excluding diaryl/α,β-unsaturated/α-hetero) is 1. The smallest absolute Gasteiger partial charge is 0.162 e. The third-order valence-electron chi connectivity index (χ3n) is 6.43. The molecule has 0 bridgehead atoms. The average molecular weight is 442 g/mol. The van der Waals surface area contributed by atoms with E-state index < -0.39 is 0 Å². The predicted octanol–water partition coefficient (Wildman–Crippen LogP) is 7.83. The summed E-state index contributed by atoms with van der Waals surface area (Å²) < 4.78 is 0. The summed E-state index contributed by atoms with van der Waals surface area (Å²) in [5, 5.41) is 8.24. The SMILES string of the molecule is CC1(C)CC(=O)C2=C(C1)Nc1ccc3ccccc3c1C2c1ccc(-c2cccs2)s1. The molecule has 2 aliphatic rings. The van der Waals surface area contributed by atoms with Gasteiger partial charge in [0.1, 0.15) is 0 Å². The first-order chi connectivity index (χ1) is 15.0. The van der Waals surface area contributed by atoms with E-state index >= 15 is 0 Å².